The zero-order valence-corrected chi connectivity index (χ0v) is 12.1. The van der Waals surface area contributed by atoms with Crippen LogP contribution in [-0.2, 0) is 13.0 Å². The van der Waals surface area contributed by atoms with Crippen molar-refractivity contribution in [3.8, 4) is 0 Å². The van der Waals surface area contributed by atoms with Gasteiger partial charge in [0.05, 0.1) is 24.1 Å². The first kappa shape index (κ1) is 14.2. The smallest absolute Gasteiger partial charge is 0.135 e. The number of aromatic nitrogens is 4. The van der Waals surface area contributed by atoms with Crippen LogP contribution in [-0.4, -0.2) is 19.9 Å². The van der Waals surface area contributed by atoms with Gasteiger partial charge in [-0.3, -0.25) is 9.97 Å². The van der Waals surface area contributed by atoms with E-state index in [2.05, 4.69) is 32.2 Å². The first-order valence-electron chi connectivity index (χ1n) is 6.74. The third kappa shape index (κ3) is 3.40. The van der Waals surface area contributed by atoms with E-state index in [1.54, 1.807) is 12.4 Å². The lowest BCUT2D eigenvalue weighted by Crippen LogP contribution is -2.10. The van der Waals surface area contributed by atoms with Gasteiger partial charge < -0.3 is 11.1 Å². The summed E-state index contributed by atoms with van der Waals surface area (Å²) in [6.07, 6.45) is 5.32. The topological polar surface area (TPSA) is 89.6 Å². The fraction of sp³-hybridized carbons (Fsp3) is 0.429. The summed E-state index contributed by atoms with van der Waals surface area (Å²) in [6, 6.07) is 0. The Morgan fingerprint density at radius 2 is 1.95 bits per heavy atom. The quantitative estimate of drug-likeness (QED) is 0.865. The molecular weight excluding hydrogens is 252 g/mol. The molecule has 0 aliphatic heterocycles. The second-order valence-electron chi connectivity index (χ2n) is 4.75. The molecule has 0 saturated heterocycles. The van der Waals surface area contributed by atoms with Crippen molar-refractivity contribution in [3.63, 3.8) is 0 Å². The maximum atomic E-state index is 5.92. The molecule has 6 nitrogen and oxygen atoms in total. The Bertz CT molecular complexity index is 579. The summed E-state index contributed by atoms with van der Waals surface area (Å²) in [5.41, 5.74) is 8.56. The highest BCUT2D eigenvalue weighted by Crippen LogP contribution is 2.18. The molecule has 0 aliphatic rings. The third-order valence-corrected chi connectivity index (χ3v) is 2.97. The molecule has 20 heavy (non-hydrogen) atoms. The molecular formula is C14H20N6. The number of anilines is 2. The second kappa shape index (κ2) is 6.27. The van der Waals surface area contributed by atoms with E-state index in [-0.39, 0.29) is 0 Å². The maximum Gasteiger partial charge on any atom is 0.135 e. The van der Waals surface area contributed by atoms with Crippen molar-refractivity contribution >= 4 is 11.6 Å². The predicted molar refractivity (Wildman–Crippen MR) is 79.3 cm³/mol. The summed E-state index contributed by atoms with van der Waals surface area (Å²) in [7, 11) is 0. The van der Waals surface area contributed by atoms with Crippen LogP contribution >= 0.6 is 0 Å². The minimum Gasteiger partial charge on any atom is -0.383 e. The summed E-state index contributed by atoms with van der Waals surface area (Å²) < 4.78 is 0. The zero-order chi connectivity index (χ0) is 14.5. The number of hydrogen-bond donors (Lipinski definition) is 2. The molecule has 2 aromatic heterocycles. The molecule has 0 atom stereocenters. The average molecular weight is 272 g/mol. The normalized spacial score (nSPS) is 10.6. The van der Waals surface area contributed by atoms with Crippen molar-refractivity contribution in [2.24, 2.45) is 0 Å². The molecule has 0 aliphatic carbocycles. The second-order valence-corrected chi connectivity index (χ2v) is 4.75. The Morgan fingerprint density at radius 3 is 2.60 bits per heavy atom. The van der Waals surface area contributed by atoms with Gasteiger partial charge in [0.1, 0.15) is 17.5 Å². The van der Waals surface area contributed by atoms with Crippen molar-refractivity contribution in [2.45, 2.75) is 40.2 Å². The van der Waals surface area contributed by atoms with Crippen LogP contribution in [0, 0.1) is 13.8 Å². The molecule has 6 heteroatoms. The van der Waals surface area contributed by atoms with Gasteiger partial charge in [-0.15, -0.1) is 0 Å². The van der Waals surface area contributed by atoms with Gasteiger partial charge in [0.15, 0.2) is 0 Å². The van der Waals surface area contributed by atoms with Gasteiger partial charge in [0.25, 0.3) is 0 Å². The van der Waals surface area contributed by atoms with E-state index in [0.717, 1.165) is 41.4 Å². The van der Waals surface area contributed by atoms with Gasteiger partial charge in [-0.05, 0) is 20.3 Å². The lowest BCUT2D eigenvalue weighted by molar-refractivity contribution is 0.832. The number of aryl methyl sites for hydroxylation is 2. The first-order valence-corrected chi connectivity index (χ1v) is 6.74. The Morgan fingerprint density at radius 1 is 1.15 bits per heavy atom. The average Bonchev–Trinajstić information content (AvgIpc) is 2.43. The third-order valence-electron chi connectivity index (χ3n) is 2.97. The zero-order valence-electron chi connectivity index (χ0n) is 12.1. The van der Waals surface area contributed by atoms with Crippen molar-refractivity contribution < 1.29 is 0 Å². The summed E-state index contributed by atoms with van der Waals surface area (Å²) >= 11 is 0. The van der Waals surface area contributed by atoms with E-state index in [9.17, 15) is 0 Å². The predicted octanol–water partition coefficient (Wildman–Crippen LogP) is 2.03. The molecule has 0 aromatic carbocycles. The standard InChI is InChI=1S/C14H20N6/c1-4-5-12-19-13(15)10(3)14(20-12)18-8-11-7-16-9(2)6-17-11/h6-7H,4-5,8H2,1-3H3,(H3,15,18,19,20). The van der Waals surface area contributed by atoms with Gasteiger partial charge in [-0.1, -0.05) is 6.92 Å². The molecule has 0 spiro atoms. The van der Waals surface area contributed by atoms with E-state index in [1.807, 2.05) is 13.8 Å². The van der Waals surface area contributed by atoms with Crippen molar-refractivity contribution in [2.75, 3.05) is 11.1 Å². The van der Waals surface area contributed by atoms with Crippen molar-refractivity contribution in [1.82, 2.24) is 19.9 Å². The lowest BCUT2D eigenvalue weighted by atomic mass is 10.2. The molecule has 0 fully saturated rings. The summed E-state index contributed by atoms with van der Waals surface area (Å²) in [4.78, 5) is 17.3. The van der Waals surface area contributed by atoms with Crippen molar-refractivity contribution in [3.05, 3.63) is 35.2 Å². The molecule has 0 radical (unpaired) electrons. The number of nitrogen functional groups attached to an aromatic ring is 1. The first-order chi connectivity index (χ1) is 9.60. The van der Waals surface area contributed by atoms with Crippen LogP contribution in [0.15, 0.2) is 12.4 Å². The van der Waals surface area contributed by atoms with Gasteiger partial charge in [-0.25, -0.2) is 9.97 Å². The van der Waals surface area contributed by atoms with E-state index >= 15 is 0 Å². The Hall–Kier alpha value is -2.24. The van der Waals surface area contributed by atoms with Gasteiger partial charge in [-0.2, -0.15) is 0 Å². The van der Waals surface area contributed by atoms with Crippen LogP contribution in [0.3, 0.4) is 0 Å². The number of nitrogens with zero attached hydrogens (tertiary/aromatic N) is 4. The number of nitrogens with two attached hydrogens (primary N) is 1. The summed E-state index contributed by atoms with van der Waals surface area (Å²) in [5.74, 6) is 2.07. The monoisotopic (exact) mass is 272 g/mol. The SMILES string of the molecule is CCCc1nc(N)c(C)c(NCc2cnc(C)cn2)n1. The van der Waals surface area contributed by atoms with Crippen molar-refractivity contribution in [1.29, 1.82) is 0 Å². The Kier molecular flexibility index (Phi) is 4.45. The van der Waals surface area contributed by atoms with E-state index in [0.29, 0.717) is 12.4 Å². The molecule has 2 rings (SSSR count). The van der Waals surface area contributed by atoms with Gasteiger partial charge >= 0.3 is 0 Å². The minimum absolute atomic E-state index is 0.529. The number of rotatable bonds is 5. The number of nitrogens with one attached hydrogen (secondary N) is 1. The molecule has 106 valence electrons. The molecule has 2 heterocycles. The molecule has 0 unspecified atom stereocenters. The molecule has 0 saturated carbocycles. The highest BCUT2D eigenvalue weighted by atomic mass is 15.1. The highest BCUT2D eigenvalue weighted by molar-refractivity contribution is 5.54. The highest BCUT2D eigenvalue weighted by Gasteiger charge is 2.08. The van der Waals surface area contributed by atoms with E-state index in [4.69, 9.17) is 5.73 Å². The van der Waals surface area contributed by atoms with Crippen LogP contribution in [0.1, 0.15) is 36.1 Å². The maximum absolute atomic E-state index is 5.92. The molecule has 3 N–H and O–H groups in total. The molecule has 2 aromatic rings. The van der Waals surface area contributed by atoms with Crippen LogP contribution in [0.5, 0.6) is 0 Å². The largest absolute Gasteiger partial charge is 0.383 e. The summed E-state index contributed by atoms with van der Waals surface area (Å²) in [5, 5.41) is 3.25. The Balaban J connectivity index is 2.13. The van der Waals surface area contributed by atoms with Crippen LogP contribution in [0.4, 0.5) is 11.6 Å². The fourth-order valence-corrected chi connectivity index (χ4v) is 1.77. The van der Waals surface area contributed by atoms with Gasteiger partial charge in [0, 0.05) is 18.2 Å². The van der Waals surface area contributed by atoms with Crippen LogP contribution < -0.4 is 11.1 Å². The summed E-state index contributed by atoms with van der Waals surface area (Å²) in [6.45, 7) is 6.48. The molecule has 0 amide bonds. The minimum atomic E-state index is 0.529. The van der Waals surface area contributed by atoms with Crippen LogP contribution in [0.25, 0.3) is 0 Å². The van der Waals surface area contributed by atoms with Gasteiger partial charge in [0.2, 0.25) is 0 Å². The van der Waals surface area contributed by atoms with E-state index in [1.165, 1.54) is 0 Å². The fourth-order valence-electron chi connectivity index (χ4n) is 1.77. The van der Waals surface area contributed by atoms with E-state index < -0.39 is 0 Å². The lowest BCUT2D eigenvalue weighted by Gasteiger charge is -2.11. The Labute approximate surface area is 118 Å². The number of hydrogen-bond acceptors (Lipinski definition) is 6. The van der Waals surface area contributed by atoms with Crippen LogP contribution in [0.2, 0.25) is 0 Å². The molecule has 0 bridgehead atoms.